The van der Waals surface area contributed by atoms with Crippen LogP contribution in [0.3, 0.4) is 0 Å². The Morgan fingerprint density at radius 3 is 2.35 bits per heavy atom. The molecule has 7 nitrogen and oxygen atoms in total. The zero-order chi connectivity index (χ0) is 23.7. The molecule has 1 aliphatic carbocycles. The Morgan fingerprint density at radius 2 is 1.68 bits per heavy atom. The van der Waals surface area contributed by atoms with Gasteiger partial charge in [0, 0.05) is 18.9 Å². The summed E-state index contributed by atoms with van der Waals surface area (Å²) >= 11 is 0. The van der Waals surface area contributed by atoms with Crippen LogP contribution in [0.25, 0.3) is 0 Å². The van der Waals surface area contributed by atoms with Crippen molar-refractivity contribution in [1.29, 1.82) is 0 Å². The van der Waals surface area contributed by atoms with E-state index >= 15 is 0 Å². The van der Waals surface area contributed by atoms with E-state index in [9.17, 15) is 14.7 Å². The number of rotatable bonds is 6. The van der Waals surface area contributed by atoms with Crippen LogP contribution >= 0.6 is 0 Å². The first-order chi connectivity index (χ1) is 16.5. The molecule has 0 radical (unpaired) electrons. The van der Waals surface area contributed by atoms with Gasteiger partial charge >= 0.3 is 5.56 Å². The van der Waals surface area contributed by atoms with Crippen LogP contribution in [0.2, 0.25) is 0 Å². The van der Waals surface area contributed by atoms with E-state index in [1.165, 1.54) is 17.5 Å². The molecule has 34 heavy (non-hydrogen) atoms. The summed E-state index contributed by atoms with van der Waals surface area (Å²) in [5.41, 5.74) is 1.58. The Morgan fingerprint density at radius 1 is 1.03 bits per heavy atom. The molecule has 2 aliphatic rings. The van der Waals surface area contributed by atoms with Gasteiger partial charge in [0.15, 0.2) is 5.69 Å². The molecule has 0 bridgehead atoms. The number of aromatic nitrogens is 2. The summed E-state index contributed by atoms with van der Waals surface area (Å²) in [6.07, 6.45) is 3.72. The number of fused-ring (bicyclic) bond motifs is 1. The lowest BCUT2D eigenvalue weighted by Crippen LogP contribution is -2.48. The van der Waals surface area contributed by atoms with Crippen LogP contribution in [0.5, 0.6) is 5.75 Å². The van der Waals surface area contributed by atoms with Crippen LogP contribution in [0.1, 0.15) is 53.1 Å². The molecule has 176 valence electrons. The molecule has 1 atom stereocenters. The van der Waals surface area contributed by atoms with E-state index in [0.29, 0.717) is 12.2 Å². The van der Waals surface area contributed by atoms with Gasteiger partial charge in [-0.25, -0.2) is 0 Å². The zero-order valence-corrected chi connectivity index (χ0v) is 19.3. The maximum absolute atomic E-state index is 13.2. The second kappa shape index (κ2) is 9.06. The minimum Gasteiger partial charge on any atom is -0.481 e. The molecule has 2 heterocycles. The van der Waals surface area contributed by atoms with Crippen LogP contribution in [0.15, 0.2) is 65.5 Å². The Balaban J connectivity index is 1.58. The first kappa shape index (κ1) is 22.3. The van der Waals surface area contributed by atoms with Crippen molar-refractivity contribution in [2.75, 3.05) is 7.05 Å². The number of benzene rings is 2. The lowest BCUT2D eigenvalue weighted by atomic mass is 9.76. The third-order valence-corrected chi connectivity index (χ3v) is 7.21. The van der Waals surface area contributed by atoms with Gasteiger partial charge in [-0.05, 0) is 24.0 Å². The fourth-order valence-electron chi connectivity index (χ4n) is 5.29. The molecule has 1 amide bonds. The number of amides is 1. The average Bonchev–Trinajstić information content (AvgIpc) is 3.34. The summed E-state index contributed by atoms with van der Waals surface area (Å²) in [5, 5.41) is 10.6. The van der Waals surface area contributed by atoms with Crippen molar-refractivity contribution in [3.8, 4) is 5.75 Å². The van der Waals surface area contributed by atoms with E-state index in [0.717, 1.165) is 31.2 Å². The molecular weight excluding hydrogens is 430 g/mol. The first-order valence-electron chi connectivity index (χ1n) is 11.8. The van der Waals surface area contributed by atoms with Crippen LogP contribution in [-0.4, -0.2) is 38.7 Å². The number of likely N-dealkylation sites (N-methyl/N-ethyl adjacent to an activating group) is 1. The van der Waals surface area contributed by atoms with Gasteiger partial charge in [0.1, 0.15) is 18.7 Å². The van der Waals surface area contributed by atoms with Gasteiger partial charge in [0.2, 0.25) is 5.75 Å². The molecule has 1 N–H and O–H groups in total. The summed E-state index contributed by atoms with van der Waals surface area (Å²) < 4.78 is 7.59. The highest BCUT2D eigenvalue weighted by Crippen LogP contribution is 2.43. The lowest BCUT2D eigenvalue weighted by molar-refractivity contribution is -0.00157. The second-order valence-corrected chi connectivity index (χ2v) is 9.32. The van der Waals surface area contributed by atoms with E-state index in [-0.39, 0.29) is 30.0 Å². The number of carbonyl (C=O) groups excluding carboxylic acids is 1. The highest BCUT2D eigenvalue weighted by molar-refractivity contribution is 5.95. The van der Waals surface area contributed by atoms with Crippen molar-refractivity contribution in [2.45, 2.75) is 56.9 Å². The number of carbonyl (C=O) groups is 1. The third-order valence-electron chi connectivity index (χ3n) is 7.21. The number of nitrogens with zero attached hydrogens (tertiary/aromatic N) is 3. The van der Waals surface area contributed by atoms with Crippen LogP contribution in [0, 0.1) is 0 Å². The lowest BCUT2D eigenvalue weighted by Gasteiger charge is -2.36. The number of hydrogen-bond acceptors (Lipinski definition) is 5. The predicted molar refractivity (Wildman–Crippen MR) is 128 cm³/mol. The molecule has 2 aromatic carbocycles. The SMILES string of the molecule is CN1C(=O)c2c(OCc3ccccc3)c(=O)nc(CC3(c4ccccc4)CCCC3)n2CC1O. The van der Waals surface area contributed by atoms with Gasteiger partial charge < -0.3 is 19.3 Å². The normalized spacial score (nSPS) is 19.2. The molecule has 5 rings (SSSR count). The molecule has 1 unspecified atom stereocenters. The van der Waals surface area contributed by atoms with Crippen molar-refractivity contribution in [1.82, 2.24) is 14.5 Å². The third kappa shape index (κ3) is 4.01. The summed E-state index contributed by atoms with van der Waals surface area (Å²) in [7, 11) is 1.53. The number of aliphatic hydroxyl groups excluding tert-OH is 1. The van der Waals surface area contributed by atoms with Crippen LogP contribution in [0.4, 0.5) is 0 Å². The maximum atomic E-state index is 13.2. The highest BCUT2D eigenvalue weighted by atomic mass is 16.5. The molecule has 7 heteroatoms. The summed E-state index contributed by atoms with van der Waals surface area (Å²) in [6, 6.07) is 19.8. The van der Waals surface area contributed by atoms with E-state index in [4.69, 9.17) is 4.74 Å². The Hall–Kier alpha value is -3.45. The molecule has 3 aromatic rings. The predicted octanol–water partition coefficient (Wildman–Crippen LogP) is 3.28. The maximum Gasteiger partial charge on any atom is 0.316 e. The van der Waals surface area contributed by atoms with E-state index in [2.05, 4.69) is 17.1 Å². The van der Waals surface area contributed by atoms with Crippen molar-refractivity contribution >= 4 is 5.91 Å². The van der Waals surface area contributed by atoms with Crippen molar-refractivity contribution in [2.24, 2.45) is 0 Å². The van der Waals surface area contributed by atoms with Crippen molar-refractivity contribution in [3.63, 3.8) is 0 Å². The first-order valence-corrected chi connectivity index (χ1v) is 11.8. The Labute approximate surface area is 198 Å². The molecule has 1 saturated carbocycles. The largest absolute Gasteiger partial charge is 0.481 e. The average molecular weight is 460 g/mol. The number of hydrogen-bond donors (Lipinski definition) is 1. The number of aliphatic hydroxyl groups is 1. The highest BCUT2D eigenvalue weighted by Gasteiger charge is 2.40. The van der Waals surface area contributed by atoms with E-state index in [1.807, 2.05) is 48.5 Å². The van der Waals surface area contributed by atoms with Gasteiger partial charge in [-0.3, -0.25) is 9.59 Å². The minimum atomic E-state index is -0.999. The fraction of sp³-hybridized carbons (Fsp3) is 0.370. The van der Waals surface area contributed by atoms with Gasteiger partial charge in [-0.1, -0.05) is 73.5 Å². The number of ether oxygens (including phenoxy) is 1. The van der Waals surface area contributed by atoms with Gasteiger partial charge in [0.25, 0.3) is 5.91 Å². The molecule has 1 fully saturated rings. The Bertz CT molecular complexity index is 1230. The van der Waals surface area contributed by atoms with Crippen molar-refractivity contribution < 1.29 is 14.6 Å². The smallest absolute Gasteiger partial charge is 0.316 e. The van der Waals surface area contributed by atoms with E-state index in [1.54, 1.807) is 4.57 Å². The minimum absolute atomic E-state index is 0.0588. The quantitative estimate of drug-likeness (QED) is 0.612. The van der Waals surface area contributed by atoms with Crippen LogP contribution in [-0.2, 0) is 25.0 Å². The summed E-state index contributed by atoms with van der Waals surface area (Å²) in [4.78, 5) is 32.1. The summed E-state index contributed by atoms with van der Waals surface area (Å²) in [6.45, 7) is 0.296. The zero-order valence-electron chi connectivity index (χ0n) is 19.3. The fourth-order valence-corrected chi connectivity index (χ4v) is 5.29. The monoisotopic (exact) mass is 459 g/mol. The Kier molecular flexibility index (Phi) is 5.96. The molecule has 0 spiro atoms. The van der Waals surface area contributed by atoms with Gasteiger partial charge in [-0.2, -0.15) is 4.98 Å². The van der Waals surface area contributed by atoms with E-state index < -0.39 is 17.7 Å². The van der Waals surface area contributed by atoms with Gasteiger partial charge in [-0.15, -0.1) is 0 Å². The second-order valence-electron chi connectivity index (χ2n) is 9.32. The molecule has 1 aromatic heterocycles. The topological polar surface area (TPSA) is 84.7 Å². The van der Waals surface area contributed by atoms with Gasteiger partial charge in [0.05, 0.1) is 6.54 Å². The molecule has 0 saturated heterocycles. The standard InChI is InChI=1S/C27H29N3O4/c1-29-22(31)17-30-21(16-27(14-8-9-15-27)20-12-6-3-7-13-20)28-25(32)24(23(30)26(29)33)34-18-19-10-4-2-5-11-19/h2-7,10-13,22,31H,8-9,14-18H2,1H3. The molecular formula is C27H29N3O4. The van der Waals surface area contributed by atoms with Crippen LogP contribution < -0.4 is 10.3 Å². The summed E-state index contributed by atoms with van der Waals surface area (Å²) in [5.74, 6) is 0.0256. The van der Waals surface area contributed by atoms with Crippen molar-refractivity contribution in [3.05, 3.63) is 93.7 Å². The molecule has 1 aliphatic heterocycles.